The molecule has 90 valence electrons. The zero-order valence-electron chi connectivity index (χ0n) is 9.74. The van der Waals surface area contributed by atoms with Crippen LogP contribution < -0.4 is 0 Å². The summed E-state index contributed by atoms with van der Waals surface area (Å²) in [5, 5.41) is 0. The summed E-state index contributed by atoms with van der Waals surface area (Å²) in [5.74, 6) is 0.0662. The van der Waals surface area contributed by atoms with Crippen LogP contribution in [0.15, 0.2) is 0 Å². The summed E-state index contributed by atoms with van der Waals surface area (Å²) in [6.07, 6.45) is 3.80. The molecule has 0 aromatic heterocycles. The molecule has 1 aliphatic heterocycles. The van der Waals surface area contributed by atoms with Crippen LogP contribution in [0.1, 0.15) is 26.2 Å². The van der Waals surface area contributed by atoms with E-state index in [0.29, 0.717) is 6.61 Å². The number of hydrogen-bond donors (Lipinski definition) is 0. The third-order valence-electron chi connectivity index (χ3n) is 3.14. The molecule has 1 aliphatic rings. The highest BCUT2D eigenvalue weighted by atomic mass is 32.2. The van der Waals surface area contributed by atoms with E-state index in [1.54, 1.807) is 6.92 Å². The minimum atomic E-state index is -3.26. The van der Waals surface area contributed by atoms with Crippen LogP contribution in [0.5, 0.6) is 0 Å². The van der Waals surface area contributed by atoms with Gasteiger partial charge >= 0.3 is 0 Å². The average Bonchev–Trinajstić information content (AvgIpc) is 2.18. The Balaban J connectivity index is 2.30. The van der Waals surface area contributed by atoms with Crippen molar-refractivity contribution < 1.29 is 17.1 Å². The molecular weight excluding hydrogens is 214 g/mol. The largest absolute Gasteiger partial charge is 0.324 e. The summed E-state index contributed by atoms with van der Waals surface area (Å²) in [5.41, 5.74) is 0. The Morgan fingerprint density at radius 1 is 1.20 bits per heavy atom. The fraction of sp³-hybridized carbons (Fsp3) is 1.00. The van der Waals surface area contributed by atoms with Crippen LogP contribution in [-0.4, -0.2) is 51.9 Å². The molecule has 0 radical (unpaired) electrons. The van der Waals surface area contributed by atoms with E-state index >= 15 is 0 Å². The molecule has 1 saturated heterocycles. The second-order valence-electron chi connectivity index (χ2n) is 4.52. The second kappa shape index (κ2) is 5.27. The molecule has 0 N–H and O–H groups in total. The SMILES string of the molecule is CCS(=O)(=O)OCC[N+]1(C)CCCCC1. The van der Waals surface area contributed by atoms with E-state index in [-0.39, 0.29) is 5.75 Å². The predicted octanol–water partition coefficient (Wildman–Crippen LogP) is 0.983. The molecule has 0 aromatic rings. The van der Waals surface area contributed by atoms with Crippen molar-refractivity contribution >= 4 is 10.1 Å². The minimum Gasteiger partial charge on any atom is -0.324 e. The van der Waals surface area contributed by atoms with Crippen molar-refractivity contribution in [3.63, 3.8) is 0 Å². The van der Waals surface area contributed by atoms with Crippen molar-refractivity contribution in [2.75, 3.05) is 39.0 Å². The van der Waals surface area contributed by atoms with E-state index in [2.05, 4.69) is 7.05 Å². The Bertz CT molecular complexity index is 281. The first-order valence-corrected chi connectivity index (χ1v) is 7.26. The summed E-state index contributed by atoms with van der Waals surface area (Å²) >= 11 is 0. The smallest absolute Gasteiger partial charge is 0.267 e. The predicted molar refractivity (Wildman–Crippen MR) is 60.0 cm³/mol. The molecule has 0 spiro atoms. The van der Waals surface area contributed by atoms with E-state index in [9.17, 15) is 8.42 Å². The normalized spacial score (nSPS) is 21.5. The molecule has 0 bridgehead atoms. The van der Waals surface area contributed by atoms with Gasteiger partial charge in [-0.3, -0.25) is 4.18 Å². The molecule has 0 aromatic carbocycles. The lowest BCUT2D eigenvalue weighted by atomic mass is 10.1. The maximum atomic E-state index is 11.1. The molecule has 1 rings (SSSR count). The molecule has 0 amide bonds. The molecule has 15 heavy (non-hydrogen) atoms. The fourth-order valence-electron chi connectivity index (χ4n) is 1.97. The standard InChI is InChI=1S/C10H22NO3S/c1-3-15(12,13)14-10-9-11(2)7-5-4-6-8-11/h3-10H2,1-2H3/q+1. The van der Waals surface area contributed by atoms with Gasteiger partial charge in [0, 0.05) is 0 Å². The van der Waals surface area contributed by atoms with Crippen LogP contribution in [0, 0.1) is 0 Å². The van der Waals surface area contributed by atoms with Crippen LogP contribution >= 0.6 is 0 Å². The lowest BCUT2D eigenvalue weighted by Gasteiger charge is -2.37. The molecule has 0 unspecified atom stereocenters. The number of nitrogens with zero attached hydrogens (tertiary/aromatic N) is 1. The van der Waals surface area contributed by atoms with Gasteiger partial charge < -0.3 is 4.48 Å². The van der Waals surface area contributed by atoms with Crippen LogP contribution in [0.25, 0.3) is 0 Å². The van der Waals surface area contributed by atoms with Crippen molar-refractivity contribution in [1.29, 1.82) is 0 Å². The highest BCUT2D eigenvalue weighted by Crippen LogP contribution is 2.15. The van der Waals surface area contributed by atoms with Crippen molar-refractivity contribution in [3.8, 4) is 0 Å². The molecule has 4 nitrogen and oxygen atoms in total. The number of piperidine rings is 1. The van der Waals surface area contributed by atoms with Crippen molar-refractivity contribution in [2.24, 2.45) is 0 Å². The molecular formula is C10H22NO3S+. The quantitative estimate of drug-likeness (QED) is 0.528. The maximum absolute atomic E-state index is 11.1. The zero-order chi connectivity index (χ0) is 11.4. The number of hydrogen-bond acceptors (Lipinski definition) is 3. The Morgan fingerprint density at radius 3 is 2.33 bits per heavy atom. The minimum absolute atomic E-state index is 0.0662. The van der Waals surface area contributed by atoms with Gasteiger partial charge in [-0.1, -0.05) is 0 Å². The first-order valence-electron chi connectivity index (χ1n) is 5.68. The van der Waals surface area contributed by atoms with E-state index in [1.807, 2.05) is 0 Å². The first kappa shape index (κ1) is 12.9. The Kier molecular flexibility index (Phi) is 4.55. The summed E-state index contributed by atoms with van der Waals surface area (Å²) in [6.45, 7) is 5.03. The van der Waals surface area contributed by atoms with Gasteiger partial charge in [0.25, 0.3) is 10.1 Å². The van der Waals surface area contributed by atoms with Gasteiger partial charge in [0.2, 0.25) is 0 Å². The lowest BCUT2D eigenvalue weighted by molar-refractivity contribution is -0.914. The Hall–Kier alpha value is -0.130. The lowest BCUT2D eigenvalue weighted by Crippen LogP contribution is -2.49. The van der Waals surface area contributed by atoms with Crippen LogP contribution in [-0.2, 0) is 14.3 Å². The summed E-state index contributed by atoms with van der Waals surface area (Å²) in [7, 11) is -1.08. The Labute approximate surface area is 92.9 Å². The van der Waals surface area contributed by atoms with Gasteiger partial charge in [-0.2, -0.15) is 8.42 Å². The Morgan fingerprint density at radius 2 is 1.80 bits per heavy atom. The molecule has 1 heterocycles. The van der Waals surface area contributed by atoms with E-state index < -0.39 is 10.1 Å². The average molecular weight is 236 g/mol. The number of rotatable bonds is 5. The monoisotopic (exact) mass is 236 g/mol. The van der Waals surface area contributed by atoms with Gasteiger partial charge in [-0.15, -0.1) is 0 Å². The fourth-order valence-corrected chi connectivity index (χ4v) is 2.46. The molecule has 0 saturated carbocycles. The van der Waals surface area contributed by atoms with E-state index in [1.165, 1.54) is 19.3 Å². The topological polar surface area (TPSA) is 43.4 Å². The number of likely N-dealkylation sites (N-methyl/N-ethyl adjacent to an activating group) is 1. The van der Waals surface area contributed by atoms with Crippen molar-refractivity contribution in [2.45, 2.75) is 26.2 Å². The third kappa shape index (κ3) is 4.49. The second-order valence-corrected chi connectivity index (χ2v) is 6.45. The van der Waals surface area contributed by atoms with Crippen molar-refractivity contribution in [3.05, 3.63) is 0 Å². The van der Waals surface area contributed by atoms with Crippen LogP contribution in [0.3, 0.4) is 0 Å². The third-order valence-corrected chi connectivity index (χ3v) is 4.38. The maximum Gasteiger partial charge on any atom is 0.267 e. The molecule has 0 aliphatic carbocycles. The zero-order valence-corrected chi connectivity index (χ0v) is 10.6. The number of likely N-dealkylation sites (tertiary alicyclic amines) is 1. The molecule has 1 fully saturated rings. The van der Waals surface area contributed by atoms with Crippen LogP contribution in [0.4, 0.5) is 0 Å². The van der Waals surface area contributed by atoms with Gasteiger partial charge in [-0.05, 0) is 26.2 Å². The first-order chi connectivity index (χ1) is 6.97. The van der Waals surface area contributed by atoms with Crippen molar-refractivity contribution in [1.82, 2.24) is 0 Å². The van der Waals surface area contributed by atoms with Gasteiger partial charge in [0.05, 0.1) is 25.9 Å². The van der Waals surface area contributed by atoms with Gasteiger partial charge in [0.1, 0.15) is 13.2 Å². The summed E-state index contributed by atoms with van der Waals surface area (Å²) in [4.78, 5) is 0. The van der Waals surface area contributed by atoms with Crippen LogP contribution in [0.2, 0.25) is 0 Å². The highest BCUT2D eigenvalue weighted by Gasteiger charge is 2.24. The van der Waals surface area contributed by atoms with Gasteiger partial charge in [0.15, 0.2) is 0 Å². The van der Waals surface area contributed by atoms with E-state index in [0.717, 1.165) is 24.1 Å². The van der Waals surface area contributed by atoms with Gasteiger partial charge in [-0.25, -0.2) is 0 Å². The number of quaternary nitrogens is 1. The highest BCUT2D eigenvalue weighted by molar-refractivity contribution is 7.86. The molecule has 5 heteroatoms. The molecule has 0 atom stereocenters. The summed E-state index contributed by atoms with van der Waals surface area (Å²) < 4.78 is 28.1. The van der Waals surface area contributed by atoms with E-state index in [4.69, 9.17) is 4.18 Å². The summed E-state index contributed by atoms with van der Waals surface area (Å²) in [6, 6.07) is 0.